The second kappa shape index (κ2) is 5.83. The summed E-state index contributed by atoms with van der Waals surface area (Å²) < 4.78 is 0. The monoisotopic (exact) mass is 315 g/mol. The molecule has 1 unspecified atom stereocenters. The average Bonchev–Trinajstić information content (AvgIpc) is 3.02. The fourth-order valence-electron chi connectivity index (χ4n) is 4.26. The zero-order valence-corrected chi connectivity index (χ0v) is 13.8. The summed E-state index contributed by atoms with van der Waals surface area (Å²) in [4.78, 5) is 25.7. The number of carbonyl (C=O) groups is 1. The first kappa shape index (κ1) is 15.0. The Bertz CT molecular complexity index is 586. The molecule has 124 valence electrons. The van der Waals surface area contributed by atoms with Crippen LogP contribution in [0.2, 0.25) is 0 Å². The molecule has 1 spiro atoms. The van der Waals surface area contributed by atoms with Gasteiger partial charge in [-0.25, -0.2) is 9.97 Å². The lowest BCUT2D eigenvalue weighted by atomic mass is 9.71. The Balaban J connectivity index is 1.40. The molecule has 0 bridgehead atoms. The first-order valence-corrected chi connectivity index (χ1v) is 8.66. The standard InChI is InChI=1S/C17H25N5O/c1-21-6-2-17(3-7-21)4-8-22(9-5-17)16(23)15-13-10-18-12-20-14(13)11-19-15/h10,12,15,19H,2-9,11H2,1H3. The molecule has 4 rings (SSSR count). The maximum absolute atomic E-state index is 12.9. The molecule has 3 aliphatic rings. The Morgan fingerprint density at radius 2 is 1.91 bits per heavy atom. The molecule has 6 heteroatoms. The van der Waals surface area contributed by atoms with E-state index in [4.69, 9.17) is 0 Å². The lowest BCUT2D eigenvalue weighted by Gasteiger charge is -2.46. The highest BCUT2D eigenvalue weighted by Gasteiger charge is 2.40. The number of nitrogens with one attached hydrogen (secondary N) is 1. The Kier molecular flexibility index (Phi) is 3.81. The molecule has 1 N–H and O–H groups in total. The molecule has 0 aliphatic carbocycles. The van der Waals surface area contributed by atoms with Crippen molar-refractivity contribution in [1.82, 2.24) is 25.1 Å². The maximum atomic E-state index is 12.9. The van der Waals surface area contributed by atoms with E-state index in [0.29, 0.717) is 12.0 Å². The predicted octanol–water partition coefficient (Wildman–Crippen LogP) is 0.955. The zero-order valence-electron chi connectivity index (χ0n) is 13.8. The molecular weight excluding hydrogens is 290 g/mol. The van der Waals surface area contributed by atoms with Crippen molar-refractivity contribution in [2.45, 2.75) is 38.3 Å². The highest BCUT2D eigenvalue weighted by molar-refractivity contribution is 5.84. The summed E-state index contributed by atoms with van der Waals surface area (Å²) in [5.74, 6) is 0.196. The smallest absolute Gasteiger partial charge is 0.244 e. The Labute approximate surface area is 137 Å². The topological polar surface area (TPSA) is 61.4 Å². The number of fused-ring (bicyclic) bond motifs is 1. The highest BCUT2D eigenvalue weighted by atomic mass is 16.2. The minimum absolute atomic E-state index is 0.196. The van der Waals surface area contributed by atoms with Gasteiger partial charge in [0.25, 0.3) is 0 Å². The summed E-state index contributed by atoms with van der Waals surface area (Å²) in [6.07, 6.45) is 8.20. The number of rotatable bonds is 1. The summed E-state index contributed by atoms with van der Waals surface area (Å²) in [6.45, 7) is 4.84. The van der Waals surface area contributed by atoms with E-state index in [-0.39, 0.29) is 11.9 Å². The van der Waals surface area contributed by atoms with Crippen LogP contribution in [-0.2, 0) is 11.3 Å². The van der Waals surface area contributed by atoms with Crippen molar-refractivity contribution in [3.8, 4) is 0 Å². The van der Waals surface area contributed by atoms with E-state index in [9.17, 15) is 4.79 Å². The number of carbonyl (C=O) groups excluding carboxylic acids is 1. The van der Waals surface area contributed by atoms with Gasteiger partial charge >= 0.3 is 0 Å². The van der Waals surface area contributed by atoms with Crippen molar-refractivity contribution in [3.63, 3.8) is 0 Å². The average molecular weight is 315 g/mol. The van der Waals surface area contributed by atoms with Gasteiger partial charge in [0.15, 0.2) is 0 Å². The number of hydrogen-bond acceptors (Lipinski definition) is 5. The summed E-state index contributed by atoms with van der Waals surface area (Å²) in [6, 6.07) is -0.252. The molecule has 1 atom stereocenters. The fourth-order valence-corrected chi connectivity index (χ4v) is 4.26. The summed E-state index contributed by atoms with van der Waals surface area (Å²) in [7, 11) is 2.21. The number of nitrogens with zero attached hydrogens (tertiary/aromatic N) is 4. The number of aromatic nitrogens is 2. The fraction of sp³-hybridized carbons (Fsp3) is 0.706. The van der Waals surface area contributed by atoms with Gasteiger partial charge in [-0.2, -0.15) is 0 Å². The van der Waals surface area contributed by atoms with Gasteiger partial charge in [-0.3, -0.25) is 10.1 Å². The van der Waals surface area contributed by atoms with E-state index < -0.39 is 0 Å². The quantitative estimate of drug-likeness (QED) is 0.836. The van der Waals surface area contributed by atoms with Gasteiger partial charge in [-0.05, 0) is 51.2 Å². The van der Waals surface area contributed by atoms with E-state index >= 15 is 0 Å². The van der Waals surface area contributed by atoms with Crippen LogP contribution < -0.4 is 5.32 Å². The molecule has 0 radical (unpaired) electrons. The van der Waals surface area contributed by atoms with Gasteiger partial charge in [0.2, 0.25) is 5.91 Å². The second-order valence-electron chi connectivity index (χ2n) is 7.37. The van der Waals surface area contributed by atoms with Crippen LogP contribution in [0, 0.1) is 5.41 Å². The first-order chi connectivity index (χ1) is 11.2. The van der Waals surface area contributed by atoms with Crippen molar-refractivity contribution in [2.75, 3.05) is 33.2 Å². The molecule has 0 aromatic carbocycles. The third kappa shape index (κ3) is 2.74. The molecule has 1 aromatic rings. The van der Waals surface area contributed by atoms with Crippen LogP contribution in [0.5, 0.6) is 0 Å². The van der Waals surface area contributed by atoms with Gasteiger partial charge in [0.05, 0.1) is 5.69 Å². The molecule has 0 saturated carbocycles. The van der Waals surface area contributed by atoms with Crippen molar-refractivity contribution < 1.29 is 4.79 Å². The molecule has 3 aliphatic heterocycles. The summed E-state index contributed by atoms with van der Waals surface area (Å²) >= 11 is 0. The molecular formula is C17H25N5O. The minimum Gasteiger partial charge on any atom is -0.341 e. The predicted molar refractivity (Wildman–Crippen MR) is 86.6 cm³/mol. The first-order valence-electron chi connectivity index (χ1n) is 8.66. The maximum Gasteiger partial charge on any atom is 0.244 e. The van der Waals surface area contributed by atoms with Crippen LogP contribution in [0.1, 0.15) is 43.0 Å². The number of piperidine rings is 2. The number of likely N-dealkylation sites (tertiary alicyclic amines) is 2. The van der Waals surface area contributed by atoms with Crippen LogP contribution in [0.15, 0.2) is 12.5 Å². The molecule has 4 heterocycles. The van der Waals surface area contributed by atoms with Crippen molar-refractivity contribution in [1.29, 1.82) is 0 Å². The van der Waals surface area contributed by atoms with Crippen LogP contribution >= 0.6 is 0 Å². The van der Waals surface area contributed by atoms with Crippen LogP contribution in [0.25, 0.3) is 0 Å². The summed E-state index contributed by atoms with van der Waals surface area (Å²) in [5, 5.41) is 3.30. The van der Waals surface area contributed by atoms with Crippen LogP contribution in [-0.4, -0.2) is 58.9 Å². The van der Waals surface area contributed by atoms with Crippen molar-refractivity contribution in [3.05, 3.63) is 23.8 Å². The van der Waals surface area contributed by atoms with E-state index in [1.807, 2.05) is 4.90 Å². The Morgan fingerprint density at radius 1 is 1.22 bits per heavy atom. The van der Waals surface area contributed by atoms with Gasteiger partial charge in [0, 0.05) is 31.4 Å². The lowest BCUT2D eigenvalue weighted by molar-refractivity contribution is -0.136. The third-order valence-electron chi connectivity index (χ3n) is 6.04. The van der Waals surface area contributed by atoms with E-state index in [0.717, 1.165) is 37.2 Å². The van der Waals surface area contributed by atoms with Gasteiger partial charge in [-0.1, -0.05) is 0 Å². The Hall–Kier alpha value is -1.53. The molecule has 23 heavy (non-hydrogen) atoms. The van der Waals surface area contributed by atoms with Crippen LogP contribution in [0.4, 0.5) is 0 Å². The molecule has 2 fully saturated rings. The zero-order chi connectivity index (χ0) is 15.9. The van der Waals surface area contributed by atoms with E-state index in [2.05, 4.69) is 27.2 Å². The van der Waals surface area contributed by atoms with Gasteiger partial charge < -0.3 is 9.80 Å². The van der Waals surface area contributed by atoms with E-state index in [1.165, 1.54) is 25.9 Å². The lowest BCUT2D eigenvalue weighted by Crippen LogP contribution is -2.49. The number of hydrogen-bond donors (Lipinski definition) is 1. The normalized spacial score (nSPS) is 27.2. The van der Waals surface area contributed by atoms with Gasteiger partial charge in [-0.15, -0.1) is 0 Å². The molecule has 6 nitrogen and oxygen atoms in total. The highest BCUT2D eigenvalue weighted by Crippen LogP contribution is 2.41. The number of amides is 1. The molecule has 1 aromatic heterocycles. The summed E-state index contributed by atoms with van der Waals surface area (Å²) in [5.41, 5.74) is 2.40. The molecule has 2 saturated heterocycles. The van der Waals surface area contributed by atoms with Crippen molar-refractivity contribution in [2.24, 2.45) is 5.41 Å². The largest absolute Gasteiger partial charge is 0.341 e. The third-order valence-corrected chi connectivity index (χ3v) is 6.04. The van der Waals surface area contributed by atoms with Gasteiger partial charge in [0.1, 0.15) is 12.4 Å². The Morgan fingerprint density at radius 3 is 2.65 bits per heavy atom. The van der Waals surface area contributed by atoms with Crippen molar-refractivity contribution >= 4 is 5.91 Å². The SMILES string of the molecule is CN1CCC2(CC1)CCN(C(=O)C1NCc3ncncc31)CC2. The van der Waals surface area contributed by atoms with Crippen LogP contribution in [0.3, 0.4) is 0 Å². The minimum atomic E-state index is -0.252. The van der Waals surface area contributed by atoms with E-state index in [1.54, 1.807) is 12.5 Å². The second-order valence-corrected chi connectivity index (χ2v) is 7.37. The molecule has 1 amide bonds.